The van der Waals surface area contributed by atoms with Gasteiger partial charge in [-0.25, -0.2) is 0 Å². The summed E-state index contributed by atoms with van der Waals surface area (Å²) < 4.78 is 0. The molecule has 1 atom stereocenters. The van der Waals surface area contributed by atoms with E-state index in [1.165, 1.54) is 38.0 Å². The molecule has 0 spiro atoms. The van der Waals surface area contributed by atoms with Crippen LogP contribution in [-0.4, -0.2) is 42.1 Å². The molecule has 0 saturated carbocycles. The van der Waals surface area contributed by atoms with E-state index in [0.717, 1.165) is 24.8 Å². The fourth-order valence-corrected chi connectivity index (χ4v) is 3.24. The maximum atomic E-state index is 5.78. The second-order valence-corrected chi connectivity index (χ2v) is 5.30. The van der Waals surface area contributed by atoms with Crippen LogP contribution in [0, 0.1) is 0 Å². The molecule has 2 aliphatic rings. The third-order valence-electron chi connectivity index (χ3n) is 4.22. The van der Waals surface area contributed by atoms with Crippen LogP contribution < -0.4 is 10.6 Å². The summed E-state index contributed by atoms with van der Waals surface area (Å²) in [6, 6.07) is 4.90. The van der Waals surface area contributed by atoms with Crippen LogP contribution in [-0.2, 0) is 6.54 Å². The van der Waals surface area contributed by atoms with E-state index >= 15 is 0 Å². The Morgan fingerprint density at radius 3 is 2.89 bits per heavy atom. The van der Waals surface area contributed by atoms with Crippen molar-refractivity contribution in [2.45, 2.75) is 31.8 Å². The van der Waals surface area contributed by atoms with Gasteiger partial charge in [0.15, 0.2) is 0 Å². The van der Waals surface area contributed by atoms with Gasteiger partial charge in [0, 0.05) is 31.9 Å². The fourth-order valence-electron chi connectivity index (χ4n) is 3.24. The van der Waals surface area contributed by atoms with Crippen molar-refractivity contribution >= 4 is 5.69 Å². The van der Waals surface area contributed by atoms with Crippen LogP contribution in [0.5, 0.6) is 0 Å². The molecule has 0 amide bonds. The molecule has 3 rings (SSSR count). The number of pyridine rings is 1. The number of anilines is 1. The van der Waals surface area contributed by atoms with Crippen molar-refractivity contribution in [2.24, 2.45) is 5.73 Å². The number of rotatable bonds is 3. The summed E-state index contributed by atoms with van der Waals surface area (Å²) in [5, 5.41) is 0. The molecule has 1 aromatic rings. The number of hydrogen-bond acceptors (Lipinski definition) is 4. The minimum atomic E-state index is 0.529. The molecule has 4 heteroatoms. The predicted molar refractivity (Wildman–Crippen MR) is 73.6 cm³/mol. The van der Waals surface area contributed by atoms with Gasteiger partial charge >= 0.3 is 0 Å². The average molecular weight is 246 g/mol. The molecule has 0 aliphatic carbocycles. The van der Waals surface area contributed by atoms with Crippen molar-refractivity contribution in [1.29, 1.82) is 0 Å². The molecule has 2 saturated heterocycles. The standard InChI is InChI=1S/C14H22N4/c15-10-13-14(4-3-6-16-13)18-9-5-12(11-18)17-7-1-2-8-17/h3-4,6,12H,1-2,5,7-11,15H2. The molecule has 4 nitrogen and oxygen atoms in total. The van der Waals surface area contributed by atoms with E-state index in [2.05, 4.69) is 20.9 Å². The van der Waals surface area contributed by atoms with Crippen LogP contribution in [0.4, 0.5) is 5.69 Å². The maximum Gasteiger partial charge on any atom is 0.0772 e. The zero-order valence-electron chi connectivity index (χ0n) is 10.9. The lowest BCUT2D eigenvalue weighted by molar-refractivity contribution is 0.260. The number of nitrogens with two attached hydrogens (primary N) is 1. The van der Waals surface area contributed by atoms with Gasteiger partial charge in [0.1, 0.15) is 0 Å². The van der Waals surface area contributed by atoms with Crippen molar-refractivity contribution in [1.82, 2.24) is 9.88 Å². The van der Waals surface area contributed by atoms with Gasteiger partial charge in [-0.3, -0.25) is 9.88 Å². The monoisotopic (exact) mass is 246 g/mol. The lowest BCUT2D eigenvalue weighted by Crippen LogP contribution is -2.35. The van der Waals surface area contributed by atoms with Crippen molar-refractivity contribution in [3.8, 4) is 0 Å². The van der Waals surface area contributed by atoms with Gasteiger partial charge in [-0.1, -0.05) is 0 Å². The summed E-state index contributed by atoms with van der Waals surface area (Å²) in [4.78, 5) is 9.49. The molecule has 3 heterocycles. The Kier molecular flexibility index (Phi) is 3.48. The SMILES string of the molecule is NCc1ncccc1N1CCC(N2CCCC2)C1. The predicted octanol–water partition coefficient (Wildman–Crippen LogP) is 1.21. The zero-order valence-corrected chi connectivity index (χ0v) is 10.9. The molecule has 0 radical (unpaired) electrons. The first-order valence-corrected chi connectivity index (χ1v) is 7.01. The summed E-state index contributed by atoms with van der Waals surface area (Å²) in [7, 11) is 0. The summed E-state index contributed by atoms with van der Waals surface area (Å²) in [5.41, 5.74) is 8.04. The van der Waals surface area contributed by atoms with Crippen molar-refractivity contribution < 1.29 is 0 Å². The highest BCUT2D eigenvalue weighted by atomic mass is 15.3. The Hall–Kier alpha value is -1.13. The summed E-state index contributed by atoms with van der Waals surface area (Å²) in [6.07, 6.45) is 5.85. The van der Waals surface area contributed by atoms with E-state index < -0.39 is 0 Å². The Morgan fingerprint density at radius 2 is 2.11 bits per heavy atom. The number of likely N-dealkylation sites (tertiary alicyclic amines) is 1. The topological polar surface area (TPSA) is 45.4 Å². The van der Waals surface area contributed by atoms with Gasteiger partial charge in [0.2, 0.25) is 0 Å². The van der Waals surface area contributed by atoms with Gasteiger partial charge in [0.05, 0.1) is 11.4 Å². The minimum absolute atomic E-state index is 0.529. The minimum Gasteiger partial charge on any atom is -0.368 e. The molecule has 2 aliphatic heterocycles. The van der Waals surface area contributed by atoms with Crippen LogP contribution in [0.2, 0.25) is 0 Å². The molecular formula is C14H22N4. The third kappa shape index (κ3) is 2.22. The van der Waals surface area contributed by atoms with E-state index in [1.54, 1.807) is 0 Å². The Labute approximate surface area is 109 Å². The third-order valence-corrected chi connectivity index (χ3v) is 4.22. The van der Waals surface area contributed by atoms with Crippen LogP contribution in [0.25, 0.3) is 0 Å². The Morgan fingerprint density at radius 1 is 1.28 bits per heavy atom. The normalized spacial score (nSPS) is 24.9. The van der Waals surface area contributed by atoms with E-state index in [-0.39, 0.29) is 0 Å². The van der Waals surface area contributed by atoms with Gasteiger partial charge in [0.25, 0.3) is 0 Å². The maximum absolute atomic E-state index is 5.78. The van der Waals surface area contributed by atoms with Crippen LogP contribution in [0.15, 0.2) is 18.3 Å². The van der Waals surface area contributed by atoms with Crippen LogP contribution in [0.1, 0.15) is 25.0 Å². The number of aromatic nitrogens is 1. The number of nitrogens with zero attached hydrogens (tertiary/aromatic N) is 3. The summed E-state index contributed by atoms with van der Waals surface area (Å²) in [5.74, 6) is 0. The van der Waals surface area contributed by atoms with Gasteiger partial charge < -0.3 is 10.6 Å². The molecule has 2 fully saturated rings. The first-order valence-electron chi connectivity index (χ1n) is 7.01. The summed E-state index contributed by atoms with van der Waals surface area (Å²) >= 11 is 0. The van der Waals surface area contributed by atoms with Crippen LogP contribution in [0.3, 0.4) is 0 Å². The molecule has 0 bridgehead atoms. The molecule has 0 aromatic carbocycles. The first-order chi connectivity index (χ1) is 8.88. The molecular weight excluding hydrogens is 224 g/mol. The molecule has 1 aromatic heterocycles. The number of hydrogen-bond donors (Lipinski definition) is 1. The Balaban J connectivity index is 1.71. The van der Waals surface area contributed by atoms with Crippen molar-refractivity contribution in [2.75, 3.05) is 31.1 Å². The quantitative estimate of drug-likeness (QED) is 0.871. The smallest absolute Gasteiger partial charge is 0.0772 e. The second-order valence-electron chi connectivity index (χ2n) is 5.30. The van der Waals surface area contributed by atoms with Crippen molar-refractivity contribution in [3.05, 3.63) is 24.0 Å². The van der Waals surface area contributed by atoms with Crippen LogP contribution >= 0.6 is 0 Å². The van der Waals surface area contributed by atoms with Gasteiger partial charge in [-0.2, -0.15) is 0 Å². The average Bonchev–Trinajstić information content (AvgIpc) is 3.09. The van der Waals surface area contributed by atoms with Gasteiger partial charge in [-0.15, -0.1) is 0 Å². The van der Waals surface area contributed by atoms with E-state index in [9.17, 15) is 0 Å². The summed E-state index contributed by atoms with van der Waals surface area (Å²) in [6.45, 7) is 5.38. The highest BCUT2D eigenvalue weighted by Gasteiger charge is 2.30. The van der Waals surface area contributed by atoms with E-state index in [4.69, 9.17) is 5.73 Å². The first kappa shape index (κ1) is 11.9. The molecule has 2 N–H and O–H groups in total. The lowest BCUT2D eigenvalue weighted by Gasteiger charge is -2.25. The Bertz CT molecular complexity index is 401. The van der Waals surface area contributed by atoms with Crippen molar-refractivity contribution in [3.63, 3.8) is 0 Å². The largest absolute Gasteiger partial charge is 0.368 e. The zero-order chi connectivity index (χ0) is 12.4. The molecule has 98 valence electrons. The second kappa shape index (κ2) is 5.24. The highest BCUT2D eigenvalue weighted by molar-refractivity contribution is 5.51. The van der Waals surface area contributed by atoms with Gasteiger partial charge in [-0.05, 0) is 44.5 Å². The molecule has 1 unspecified atom stereocenters. The molecule has 18 heavy (non-hydrogen) atoms. The fraction of sp³-hybridized carbons (Fsp3) is 0.643. The van der Waals surface area contributed by atoms with E-state index in [0.29, 0.717) is 6.54 Å². The van der Waals surface area contributed by atoms with E-state index in [1.807, 2.05) is 12.3 Å². The lowest BCUT2D eigenvalue weighted by atomic mass is 10.2. The highest BCUT2D eigenvalue weighted by Crippen LogP contribution is 2.26.